The average Bonchev–Trinajstić information content (AvgIpc) is 2.43. The first-order chi connectivity index (χ1) is 9.50. The molecule has 2 atom stereocenters. The molecule has 0 heterocycles. The summed E-state index contributed by atoms with van der Waals surface area (Å²) < 4.78 is 0. The largest absolute Gasteiger partial charge is 0.384 e. The standard InChI is InChI=1S/C15H15NO4/c1-10(17)15(18)14(9-16(19)20)13-8-4-6-11-5-2-3-7-12(11)13/h2-8,14-15,18H,9H2,1H3/t14-,15-/m0/s1. The molecular weight excluding hydrogens is 258 g/mol. The fraction of sp³-hybridized carbons (Fsp3) is 0.267. The third kappa shape index (κ3) is 2.83. The summed E-state index contributed by atoms with van der Waals surface area (Å²) in [6, 6.07) is 12.8. The van der Waals surface area contributed by atoms with Gasteiger partial charge in [-0.15, -0.1) is 0 Å². The van der Waals surface area contributed by atoms with Gasteiger partial charge < -0.3 is 5.11 Å². The second kappa shape index (κ2) is 5.79. The molecule has 20 heavy (non-hydrogen) atoms. The van der Waals surface area contributed by atoms with Gasteiger partial charge in [-0.1, -0.05) is 42.5 Å². The second-order valence-electron chi connectivity index (χ2n) is 4.75. The molecule has 5 nitrogen and oxygen atoms in total. The van der Waals surface area contributed by atoms with Crippen molar-refractivity contribution >= 4 is 16.6 Å². The van der Waals surface area contributed by atoms with Crippen LogP contribution in [0.15, 0.2) is 42.5 Å². The first-order valence-electron chi connectivity index (χ1n) is 6.28. The van der Waals surface area contributed by atoms with Crippen LogP contribution in [0.2, 0.25) is 0 Å². The smallest absolute Gasteiger partial charge is 0.213 e. The number of aliphatic hydroxyl groups excluding tert-OH is 1. The van der Waals surface area contributed by atoms with Gasteiger partial charge >= 0.3 is 0 Å². The van der Waals surface area contributed by atoms with Crippen LogP contribution in [0.5, 0.6) is 0 Å². The van der Waals surface area contributed by atoms with Gasteiger partial charge in [-0.2, -0.15) is 0 Å². The molecule has 0 bridgehead atoms. The van der Waals surface area contributed by atoms with Gasteiger partial charge in [0.1, 0.15) is 6.10 Å². The van der Waals surface area contributed by atoms with Gasteiger partial charge in [0, 0.05) is 4.92 Å². The van der Waals surface area contributed by atoms with Crippen molar-refractivity contribution in [2.75, 3.05) is 6.54 Å². The number of benzene rings is 2. The Morgan fingerprint density at radius 3 is 2.55 bits per heavy atom. The predicted molar refractivity (Wildman–Crippen MR) is 75.2 cm³/mol. The highest BCUT2D eigenvalue weighted by Crippen LogP contribution is 2.28. The van der Waals surface area contributed by atoms with Crippen LogP contribution in [-0.2, 0) is 4.79 Å². The van der Waals surface area contributed by atoms with Gasteiger partial charge in [-0.3, -0.25) is 14.9 Å². The summed E-state index contributed by atoms with van der Waals surface area (Å²) in [5.74, 6) is -1.31. The van der Waals surface area contributed by atoms with Crippen molar-refractivity contribution in [1.29, 1.82) is 0 Å². The van der Waals surface area contributed by atoms with Crippen LogP contribution in [-0.4, -0.2) is 28.5 Å². The van der Waals surface area contributed by atoms with Crippen LogP contribution in [0.25, 0.3) is 10.8 Å². The molecule has 2 rings (SSSR count). The average molecular weight is 273 g/mol. The van der Waals surface area contributed by atoms with E-state index in [2.05, 4.69) is 0 Å². The minimum atomic E-state index is -1.37. The maximum atomic E-state index is 11.4. The first kappa shape index (κ1) is 14.1. The Balaban J connectivity index is 2.56. The molecule has 5 heteroatoms. The van der Waals surface area contributed by atoms with E-state index in [1.54, 1.807) is 12.1 Å². The molecule has 1 N–H and O–H groups in total. The summed E-state index contributed by atoms with van der Waals surface area (Å²) in [5.41, 5.74) is 0.627. The lowest BCUT2D eigenvalue weighted by atomic mass is 9.88. The van der Waals surface area contributed by atoms with Gasteiger partial charge in [0.25, 0.3) is 0 Å². The number of aliphatic hydroxyl groups is 1. The van der Waals surface area contributed by atoms with E-state index in [0.29, 0.717) is 5.56 Å². The highest BCUT2D eigenvalue weighted by Gasteiger charge is 2.30. The van der Waals surface area contributed by atoms with Crippen molar-refractivity contribution < 1.29 is 14.8 Å². The molecule has 0 fully saturated rings. The minimum absolute atomic E-state index is 0.468. The minimum Gasteiger partial charge on any atom is -0.384 e. The van der Waals surface area contributed by atoms with E-state index in [9.17, 15) is 20.0 Å². The summed E-state index contributed by atoms with van der Waals surface area (Å²) in [5, 5.41) is 22.6. The first-order valence-corrected chi connectivity index (χ1v) is 6.28. The third-order valence-corrected chi connectivity index (χ3v) is 3.37. The fourth-order valence-electron chi connectivity index (χ4n) is 2.39. The van der Waals surface area contributed by atoms with Crippen LogP contribution < -0.4 is 0 Å². The van der Waals surface area contributed by atoms with Gasteiger partial charge in [0.05, 0.1) is 5.92 Å². The number of Topliss-reactive ketones (excluding diaryl/α,β-unsaturated/α-hetero) is 1. The molecule has 0 aliphatic carbocycles. The van der Waals surface area contributed by atoms with Crippen molar-refractivity contribution in [2.24, 2.45) is 0 Å². The molecule has 0 saturated carbocycles. The monoisotopic (exact) mass is 273 g/mol. The number of hydrogen-bond donors (Lipinski definition) is 1. The van der Waals surface area contributed by atoms with Gasteiger partial charge in [0.15, 0.2) is 5.78 Å². The predicted octanol–water partition coefficient (Wildman–Crippen LogP) is 2.15. The maximum Gasteiger partial charge on any atom is 0.213 e. The Hall–Kier alpha value is -2.27. The van der Waals surface area contributed by atoms with Gasteiger partial charge in [-0.05, 0) is 23.3 Å². The summed E-state index contributed by atoms with van der Waals surface area (Å²) in [7, 11) is 0. The highest BCUT2D eigenvalue weighted by atomic mass is 16.6. The van der Waals surface area contributed by atoms with Gasteiger partial charge in [-0.25, -0.2) is 0 Å². The third-order valence-electron chi connectivity index (χ3n) is 3.37. The Morgan fingerprint density at radius 2 is 1.90 bits per heavy atom. The zero-order valence-corrected chi connectivity index (χ0v) is 11.0. The van der Waals surface area contributed by atoms with E-state index >= 15 is 0 Å². The quantitative estimate of drug-likeness (QED) is 0.668. The lowest BCUT2D eigenvalue weighted by molar-refractivity contribution is -0.484. The molecule has 0 amide bonds. The molecular formula is C15H15NO4. The lowest BCUT2D eigenvalue weighted by Gasteiger charge is -2.19. The Kier molecular flexibility index (Phi) is 4.10. The molecule has 0 saturated heterocycles. The Bertz CT molecular complexity index is 648. The summed E-state index contributed by atoms with van der Waals surface area (Å²) in [6.45, 7) is 0.761. The molecule has 0 radical (unpaired) electrons. The fourth-order valence-corrected chi connectivity index (χ4v) is 2.39. The zero-order chi connectivity index (χ0) is 14.7. The lowest BCUT2D eigenvalue weighted by Crippen LogP contribution is -2.31. The van der Waals surface area contributed by atoms with Crippen molar-refractivity contribution in [3.05, 3.63) is 58.1 Å². The number of carbonyl (C=O) groups excluding carboxylic acids is 1. The van der Waals surface area contributed by atoms with Crippen molar-refractivity contribution in [3.8, 4) is 0 Å². The normalized spacial score (nSPS) is 13.9. The Labute approximate surface area is 116 Å². The molecule has 0 aromatic heterocycles. The van der Waals surface area contributed by atoms with Crippen LogP contribution in [0.4, 0.5) is 0 Å². The van der Waals surface area contributed by atoms with Crippen molar-refractivity contribution in [3.63, 3.8) is 0 Å². The summed E-state index contributed by atoms with van der Waals surface area (Å²) in [4.78, 5) is 21.7. The van der Waals surface area contributed by atoms with E-state index < -0.39 is 29.3 Å². The molecule has 0 aliphatic rings. The topological polar surface area (TPSA) is 80.4 Å². The molecule has 2 aromatic rings. The summed E-state index contributed by atoms with van der Waals surface area (Å²) >= 11 is 0. The van der Waals surface area contributed by atoms with Crippen LogP contribution in [0.1, 0.15) is 18.4 Å². The molecule has 0 unspecified atom stereocenters. The number of nitrogens with zero attached hydrogens (tertiary/aromatic N) is 1. The number of rotatable bonds is 5. The van der Waals surface area contributed by atoms with E-state index in [4.69, 9.17) is 0 Å². The molecule has 2 aromatic carbocycles. The van der Waals surface area contributed by atoms with Crippen LogP contribution >= 0.6 is 0 Å². The Morgan fingerprint density at radius 1 is 1.25 bits per heavy atom. The van der Waals surface area contributed by atoms with Crippen molar-refractivity contribution in [2.45, 2.75) is 18.9 Å². The number of fused-ring (bicyclic) bond motifs is 1. The van der Waals surface area contributed by atoms with E-state index in [1.165, 1.54) is 6.92 Å². The number of hydrogen-bond acceptors (Lipinski definition) is 4. The van der Waals surface area contributed by atoms with Crippen molar-refractivity contribution in [1.82, 2.24) is 0 Å². The number of nitro groups is 1. The summed E-state index contributed by atoms with van der Waals surface area (Å²) in [6.07, 6.45) is -1.37. The van der Waals surface area contributed by atoms with Crippen LogP contribution in [0.3, 0.4) is 0 Å². The van der Waals surface area contributed by atoms with Gasteiger partial charge in [0.2, 0.25) is 6.54 Å². The molecule has 0 aliphatic heterocycles. The molecule has 0 spiro atoms. The van der Waals surface area contributed by atoms with Crippen LogP contribution in [0, 0.1) is 10.1 Å². The van der Waals surface area contributed by atoms with E-state index in [-0.39, 0.29) is 0 Å². The second-order valence-corrected chi connectivity index (χ2v) is 4.75. The number of ketones is 1. The molecule has 104 valence electrons. The zero-order valence-electron chi connectivity index (χ0n) is 11.0. The number of carbonyl (C=O) groups is 1. The highest BCUT2D eigenvalue weighted by molar-refractivity contribution is 5.88. The van der Waals surface area contributed by atoms with E-state index in [1.807, 2.05) is 30.3 Å². The SMILES string of the molecule is CC(=O)[C@H](O)[C@@H](C[N+](=O)[O-])c1cccc2ccccc12. The maximum absolute atomic E-state index is 11.4. The van der Waals surface area contributed by atoms with E-state index in [0.717, 1.165) is 10.8 Å².